The number of halogens is 1. The lowest BCUT2D eigenvalue weighted by atomic mass is 9.85. The Morgan fingerprint density at radius 2 is 1.69 bits per heavy atom. The van der Waals surface area contributed by atoms with Crippen LogP contribution in [0.2, 0.25) is 5.02 Å². The van der Waals surface area contributed by atoms with Gasteiger partial charge in [0.15, 0.2) is 5.96 Å². The second-order valence-electron chi connectivity index (χ2n) is 7.98. The summed E-state index contributed by atoms with van der Waals surface area (Å²) in [7, 11) is 1.73. The molecule has 29 heavy (non-hydrogen) atoms. The highest BCUT2D eigenvalue weighted by Crippen LogP contribution is 2.52. The zero-order chi connectivity index (χ0) is 20.4. The number of amides is 2. The molecule has 1 aliphatic heterocycles. The topological polar surface area (TPSA) is 73.8 Å². The summed E-state index contributed by atoms with van der Waals surface area (Å²) in [4.78, 5) is 31.1. The first kappa shape index (κ1) is 20.0. The fraction of sp³-hybridized carbons (Fsp3) is 0.500. The first-order chi connectivity index (χ1) is 14.1. The van der Waals surface area contributed by atoms with Gasteiger partial charge in [0.2, 0.25) is 11.8 Å². The Bertz CT molecular complexity index is 806. The van der Waals surface area contributed by atoms with E-state index in [0.717, 1.165) is 30.4 Å². The average Bonchev–Trinajstić information content (AvgIpc) is 3.40. The van der Waals surface area contributed by atoms with Gasteiger partial charge in [-0.3, -0.25) is 19.5 Å². The molecular formula is C22H27ClN4O2. The number of likely N-dealkylation sites (tertiary alicyclic amines) is 1. The molecule has 6 nitrogen and oxygen atoms in total. The molecular weight excluding hydrogens is 388 g/mol. The smallest absolute Gasteiger partial charge is 0.233 e. The maximum Gasteiger partial charge on any atom is 0.233 e. The fourth-order valence-corrected chi connectivity index (χ4v) is 4.95. The number of benzene rings is 1. The van der Waals surface area contributed by atoms with E-state index in [1.807, 2.05) is 24.3 Å². The van der Waals surface area contributed by atoms with Gasteiger partial charge in [-0.2, -0.15) is 0 Å². The monoisotopic (exact) mass is 414 g/mol. The van der Waals surface area contributed by atoms with Crippen molar-refractivity contribution in [2.24, 2.45) is 28.7 Å². The first-order valence-corrected chi connectivity index (χ1v) is 10.7. The number of aliphatic imine (C=N–C) groups is 1. The van der Waals surface area contributed by atoms with Crippen molar-refractivity contribution in [3.63, 3.8) is 0 Å². The van der Waals surface area contributed by atoms with Crippen LogP contribution in [-0.2, 0) is 16.0 Å². The molecule has 7 heteroatoms. The summed E-state index contributed by atoms with van der Waals surface area (Å²) in [6.07, 6.45) is 6.80. The van der Waals surface area contributed by atoms with Crippen LogP contribution in [0.4, 0.5) is 0 Å². The number of allylic oxidation sites excluding steroid dienone is 2. The van der Waals surface area contributed by atoms with Crippen molar-refractivity contribution in [1.29, 1.82) is 0 Å². The normalized spacial score (nSPS) is 27.7. The summed E-state index contributed by atoms with van der Waals surface area (Å²) >= 11 is 5.91. The summed E-state index contributed by atoms with van der Waals surface area (Å²) in [6, 6.07) is 7.81. The molecule has 1 saturated carbocycles. The van der Waals surface area contributed by atoms with E-state index in [2.05, 4.69) is 27.8 Å². The number of guanidine groups is 1. The molecule has 4 rings (SSSR count). The van der Waals surface area contributed by atoms with Crippen molar-refractivity contribution in [1.82, 2.24) is 15.5 Å². The average molecular weight is 415 g/mol. The standard InChI is InChI=1S/C22H27ClN4O2/c1-24-22(26-11-9-14-3-7-17(23)8-4-14)25-10-2-12-27-20(28)18-15-5-6-16(13-15)19(18)21(27)29/h3-8,15-16,18-19H,2,9-13H2,1H3,(H2,24,25,26). The van der Waals surface area contributed by atoms with Crippen molar-refractivity contribution >= 4 is 29.4 Å². The lowest BCUT2D eigenvalue weighted by molar-refractivity contribution is -0.140. The number of imide groups is 1. The third kappa shape index (κ3) is 4.04. The molecule has 1 aromatic rings. The Balaban J connectivity index is 1.17. The molecule has 154 valence electrons. The number of hydrogen-bond donors (Lipinski definition) is 2. The Morgan fingerprint density at radius 1 is 1.07 bits per heavy atom. The van der Waals surface area contributed by atoms with Gasteiger partial charge in [0.25, 0.3) is 0 Å². The van der Waals surface area contributed by atoms with E-state index in [1.54, 1.807) is 7.05 Å². The van der Waals surface area contributed by atoms with Gasteiger partial charge in [-0.1, -0.05) is 35.9 Å². The molecule has 4 atom stereocenters. The molecule has 0 spiro atoms. The molecule has 0 aromatic heterocycles. The maximum atomic E-state index is 12.7. The van der Waals surface area contributed by atoms with E-state index < -0.39 is 0 Å². The highest BCUT2D eigenvalue weighted by Gasteiger charge is 2.58. The zero-order valence-electron chi connectivity index (χ0n) is 16.6. The third-order valence-electron chi connectivity index (χ3n) is 6.26. The Kier molecular flexibility index (Phi) is 5.90. The fourth-order valence-electron chi connectivity index (χ4n) is 4.83. The zero-order valence-corrected chi connectivity index (χ0v) is 17.4. The summed E-state index contributed by atoms with van der Waals surface area (Å²) in [5.74, 6) is 1.11. The van der Waals surface area contributed by atoms with E-state index >= 15 is 0 Å². The van der Waals surface area contributed by atoms with Crippen LogP contribution in [0, 0.1) is 23.7 Å². The molecule has 3 aliphatic rings. The van der Waals surface area contributed by atoms with Gasteiger partial charge in [0, 0.05) is 31.7 Å². The predicted octanol–water partition coefficient (Wildman–Crippen LogP) is 2.24. The highest BCUT2D eigenvalue weighted by molar-refractivity contribution is 6.30. The molecule has 2 bridgehead atoms. The molecule has 1 heterocycles. The van der Waals surface area contributed by atoms with Crippen molar-refractivity contribution < 1.29 is 9.59 Å². The van der Waals surface area contributed by atoms with E-state index in [1.165, 1.54) is 10.5 Å². The van der Waals surface area contributed by atoms with Crippen molar-refractivity contribution in [2.45, 2.75) is 19.3 Å². The largest absolute Gasteiger partial charge is 0.356 e. The van der Waals surface area contributed by atoms with Gasteiger partial charge in [-0.15, -0.1) is 0 Å². The number of hydrogen-bond acceptors (Lipinski definition) is 3. The third-order valence-corrected chi connectivity index (χ3v) is 6.51. The molecule has 2 N–H and O–H groups in total. The van der Waals surface area contributed by atoms with Crippen LogP contribution < -0.4 is 10.6 Å². The van der Waals surface area contributed by atoms with Crippen LogP contribution in [0.15, 0.2) is 41.4 Å². The van der Waals surface area contributed by atoms with Gasteiger partial charge in [-0.05, 0) is 48.8 Å². The number of nitrogens with one attached hydrogen (secondary N) is 2. The lowest BCUT2D eigenvalue weighted by Gasteiger charge is -2.18. The Morgan fingerprint density at radius 3 is 2.31 bits per heavy atom. The van der Waals surface area contributed by atoms with Gasteiger partial charge < -0.3 is 10.6 Å². The van der Waals surface area contributed by atoms with Gasteiger partial charge in [0.1, 0.15) is 0 Å². The van der Waals surface area contributed by atoms with Crippen LogP contribution in [0.1, 0.15) is 18.4 Å². The van der Waals surface area contributed by atoms with Gasteiger partial charge in [0.05, 0.1) is 11.8 Å². The van der Waals surface area contributed by atoms with Crippen LogP contribution >= 0.6 is 11.6 Å². The number of fused-ring (bicyclic) bond motifs is 5. The minimum absolute atomic E-state index is 0.0299. The van der Waals surface area contributed by atoms with Crippen molar-refractivity contribution in [3.8, 4) is 0 Å². The summed E-state index contributed by atoms with van der Waals surface area (Å²) in [5.41, 5.74) is 1.21. The maximum absolute atomic E-state index is 12.7. The Hall–Kier alpha value is -2.34. The van der Waals surface area contributed by atoms with E-state index in [0.29, 0.717) is 19.5 Å². The number of carbonyl (C=O) groups excluding carboxylic acids is 2. The van der Waals surface area contributed by atoms with Gasteiger partial charge >= 0.3 is 0 Å². The molecule has 4 unspecified atom stereocenters. The van der Waals surface area contributed by atoms with Gasteiger partial charge in [-0.25, -0.2) is 0 Å². The summed E-state index contributed by atoms with van der Waals surface area (Å²) in [5, 5.41) is 7.27. The van der Waals surface area contributed by atoms with E-state index in [4.69, 9.17) is 11.6 Å². The van der Waals surface area contributed by atoms with Crippen molar-refractivity contribution in [2.75, 3.05) is 26.7 Å². The quantitative estimate of drug-likeness (QED) is 0.236. The van der Waals surface area contributed by atoms with Crippen LogP contribution in [0.25, 0.3) is 0 Å². The van der Waals surface area contributed by atoms with Crippen molar-refractivity contribution in [3.05, 3.63) is 47.0 Å². The second kappa shape index (κ2) is 8.57. The van der Waals surface area contributed by atoms with Crippen LogP contribution in [0.5, 0.6) is 0 Å². The Labute approximate surface area is 176 Å². The van der Waals surface area contributed by atoms with Crippen LogP contribution in [0.3, 0.4) is 0 Å². The summed E-state index contributed by atoms with van der Waals surface area (Å²) in [6.45, 7) is 1.88. The lowest BCUT2D eigenvalue weighted by Crippen LogP contribution is -2.40. The minimum Gasteiger partial charge on any atom is -0.356 e. The first-order valence-electron chi connectivity index (χ1n) is 10.3. The van der Waals surface area contributed by atoms with E-state index in [-0.39, 0.29) is 35.5 Å². The molecule has 1 saturated heterocycles. The molecule has 1 aromatic carbocycles. The predicted molar refractivity (Wildman–Crippen MR) is 114 cm³/mol. The number of carbonyl (C=O) groups is 2. The van der Waals surface area contributed by atoms with E-state index in [9.17, 15) is 9.59 Å². The molecule has 2 amide bonds. The minimum atomic E-state index is -0.104. The van der Waals surface area contributed by atoms with Crippen LogP contribution in [-0.4, -0.2) is 49.4 Å². The molecule has 2 fully saturated rings. The molecule has 2 aliphatic carbocycles. The SMILES string of the molecule is CN=C(NCCCN1C(=O)C2C3C=CC(C3)C2C1=O)NCCc1ccc(Cl)cc1. The molecule has 0 radical (unpaired) electrons. The highest BCUT2D eigenvalue weighted by atomic mass is 35.5. The summed E-state index contributed by atoms with van der Waals surface area (Å²) < 4.78 is 0. The number of rotatable bonds is 7. The second-order valence-corrected chi connectivity index (χ2v) is 8.42. The number of nitrogens with zero attached hydrogens (tertiary/aromatic N) is 2.